The van der Waals surface area contributed by atoms with Crippen LogP contribution in [0.3, 0.4) is 0 Å². The van der Waals surface area contributed by atoms with Crippen LogP contribution in [-0.4, -0.2) is 39.2 Å². The van der Waals surface area contributed by atoms with Crippen LogP contribution in [0.1, 0.15) is 139 Å². The highest BCUT2D eigenvalue weighted by molar-refractivity contribution is 5.91. The first kappa shape index (κ1) is 35.1. The summed E-state index contributed by atoms with van der Waals surface area (Å²) in [6, 6.07) is 5.39. The minimum Gasteiger partial charge on any atom is -0.508 e. The number of carboxylic acids is 1. The summed E-state index contributed by atoms with van der Waals surface area (Å²) in [6.45, 7) is 2.33. The molecule has 5 nitrogen and oxygen atoms in total. The Morgan fingerprint density at radius 2 is 1.57 bits per heavy atom. The molecule has 0 heterocycles. The lowest BCUT2D eigenvalue weighted by atomic mass is 9.50. The monoisotopic (exact) mass is 656 g/mol. The van der Waals surface area contributed by atoms with Crippen LogP contribution in [-0.2, 0) is 9.59 Å². The summed E-state index contributed by atoms with van der Waals surface area (Å²) >= 11 is 0. The Morgan fingerprint density at radius 1 is 0.935 bits per heavy atom. The second kappa shape index (κ2) is 13.3. The third-order valence-electron chi connectivity index (χ3n) is 12.6. The third-order valence-corrected chi connectivity index (χ3v) is 12.6. The molecule has 4 unspecified atom stereocenters. The van der Waals surface area contributed by atoms with Crippen molar-refractivity contribution in [3.63, 3.8) is 0 Å². The summed E-state index contributed by atoms with van der Waals surface area (Å²) < 4.78 is 63.4. The summed E-state index contributed by atoms with van der Waals surface area (Å²) in [6.07, 6.45) is 3.39. The number of halogens is 5. The minimum atomic E-state index is -5.62. The van der Waals surface area contributed by atoms with Crippen molar-refractivity contribution >= 4 is 11.8 Å². The molecule has 10 heteroatoms. The van der Waals surface area contributed by atoms with E-state index in [1.807, 2.05) is 6.07 Å². The molecule has 3 saturated carbocycles. The van der Waals surface area contributed by atoms with E-state index in [0.717, 1.165) is 81.8 Å². The summed E-state index contributed by atoms with van der Waals surface area (Å²) in [5.41, 5.74) is 1.79. The third kappa shape index (κ3) is 6.57. The standard InChI is InChI=1S/C36H49F5O5/c1-33-17-15-25-24-14-13-23(42)20-27(24)31(44)26(30(25)28(33)21-29(43)34(33)18-19-34)12-8-6-4-2-3-5-7-10-22(32(45)46)11-9-16-35(37,38)36(39,40)41/h13-14,20,22,25-26,28,30-31,42,44H,2-12,15-19,21H2,1H3,(H,45,46)/t22?,25?,26-,28?,30?,31-,33-/m0/s1. The Morgan fingerprint density at radius 3 is 2.20 bits per heavy atom. The van der Waals surface area contributed by atoms with Crippen LogP contribution in [0.15, 0.2) is 18.2 Å². The highest BCUT2D eigenvalue weighted by Crippen LogP contribution is 2.75. The molecule has 1 spiro atoms. The fraction of sp³-hybridized carbons (Fsp3) is 0.778. The van der Waals surface area contributed by atoms with Gasteiger partial charge in [0.05, 0.1) is 12.0 Å². The minimum absolute atomic E-state index is 0.00850. The van der Waals surface area contributed by atoms with E-state index in [1.165, 1.54) is 0 Å². The quantitative estimate of drug-likeness (QED) is 0.129. The van der Waals surface area contributed by atoms with Gasteiger partial charge in [-0.2, -0.15) is 22.0 Å². The molecule has 0 aromatic heterocycles. The zero-order chi connectivity index (χ0) is 33.5. The number of alkyl halides is 5. The number of aliphatic hydroxyl groups excluding tert-OH is 1. The number of aliphatic hydroxyl groups is 1. The summed E-state index contributed by atoms with van der Waals surface area (Å²) in [5.74, 6) is -5.51. The van der Waals surface area contributed by atoms with Crippen molar-refractivity contribution in [1.82, 2.24) is 0 Å². The zero-order valence-corrected chi connectivity index (χ0v) is 26.8. The number of phenols is 1. The lowest BCUT2D eigenvalue weighted by Crippen LogP contribution is -2.47. The van der Waals surface area contributed by atoms with Crippen molar-refractivity contribution in [3.8, 4) is 5.75 Å². The number of aromatic hydroxyl groups is 1. The first-order valence-electron chi connectivity index (χ1n) is 17.3. The molecular weight excluding hydrogens is 607 g/mol. The van der Waals surface area contributed by atoms with Gasteiger partial charge in [-0.15, -0.1) is 0 Å². The molecule has 0 saturated heterocycles. The Labute approximate surface area is 268 Å². The maximum absolute atomic E-state index is 13.3. The van der Waals surface area contributed by atoms with Gasteiger partial charge in [-0.25, -0.2) is 0 Å². The number of aliphatic carboxylic acids is 1. The number of benzene rings is 1. The van der Waals surface area contributed by atoms with E-state index < -0.39 is 42.9 Å². The maximum atomic E-state index is 13.3. The number of rotatable bonds is 15. The van der Waals surface area contributed by atoms with Gasteiger partial charge in [0.25, 0.3) is 0 Å². The Hall–Kier alpha value is -2.23. The largest absolute Gasteiger partial charge is 0.508 e. The van der Waals surface area contributed by atoms with Gasteiger partial charge in [-0.1, -0.05) is 57.9 Å². The van der Waals surface area contributed by atoms with Gasteiger partial charge in [0, 0.05) is 18.3 Å². The van der Waals surface area contributed by atoms with Crippen molar-refractivity contribution in [2.45, 2.75) is 140 Å². The second-order valence-corrected chi connectivity index (χ2v) is 15.1. The number of ketones is 1. The Balaban J connectivity index is 1.08. The average molecular weight is 657 g/mol. The average Bonchev–Trinajstić information content (AvgIpc) is 3.77. The smallest absolute Gasteiger partial charge is 0.453 e. The van der Waals surface area contributed by atoms with E-state index in [1.54, 1.807) is 12.1 Å². The molecule has 3 N–H and O–H groups in total. The first-order valence-corrected chi connectivity index (χ1v) is 17.3. The van der Waals surface area contributed by atoms with Crippen LogP contribution in [0.2, 0.25) is 0 Å². The molecule has 7 atom stereocenters. The van der Waals surface area contributed by atoms with Gasteiger partial charge in [-0.05, 0) is 104 Å². The number of Topliss-reactive ketones (excluding diaryl/α,β-unsaturated/α-hetero) is 1. The fourth-order valence-electron chi connectivity index (χ4n) is 9.85. The van der Waals surface area contributed by atoms with Crippen LogP contribution in [0, 0.1) is 34.5 Å². The summed E-state index contributed by atoms with van der Waals surface area (Å²) in [4.78, 5) is 24.8. The molecule has 0 amide bonds. The van der Waals surface area contributed by atoms with E-state index in [-0.39, 0.29) is 53.1 Å². The molecule has 0 aliphatic heterocycles. The van der Waals surface area contributed by atoms with Crippen LogP contribution < -0.4 is 0 Å². The van der Waals surface area contributed by atoms with E-state index >= 15 is 0 Å². The topological polar surface area (TPSA) is 94.8 Å². The van der Waals surface area contributed by atoms with Gasteiger partial charge in [0.15, 0.2) is 0 Å². The highest BCUT2D eigenvalue weighted by Gasteiger charge is 2.72. The SMILES string of the molecule is C[C@]12CCC3c4ccc(O)cc4[C@@H](O)[C@@H](CCCCCCCCCC(CCCC(F)(F)C(F)(F)F)C(=O)O)C3C1CC(=O)C21CC1. The Kier molecular flexibility index (Phi) is 10.2. The van der Waals surface area contributed by atoms with Crippen LogP contribution in [0.4, 0.5) is 22.0 Å². The van der Waals surface area contributed by atoms with Crippen molar-refractivity contribution in [2.24, 2.45) is 34.5 Å². The lowest BCUT2D eigenvalue weighted by molar-refractivity contribution is -0.284. The van der Waals surface area contributed by atoms with E-state index in [9.17, 15) is 46.9 Å². The predicted molar refractivity (Wildman–Crippen MR) is 162 cm³/mol. The number of carbonyl (C=O) groups excluding carboxylic acids is 1. The van der Waals surface area contributed by atoms with Gasteiger partial charge in [0.2, 0.25) is 0 Å². The number of carbonyl (C=O) groups is 2. The fourth-order valence-corrected chi connectivity index (χ4v) is 9.85. The van der Waals surface area contributed by atoms with E-state index in [2.05, 4.69) is 6.92 Å². The number of fused-ring (bicyclic) bond motifs is 6. The number of carboxylic acid groups (broad SMARTS) is 1. The normalized spacial score (nSPS) is 30.5. The molecule has 1 aromatic carbocycles. The number of hydrogen-bond acceptors (Lipinski definition) is 4. The second-order valence-electron chi connectivity index (χ2n) is 15.1. The molecule has 46 heavy (non-hydrogen) atoms. The highest BCUT2D eigenvalue weighted by atomic mass is 19.4. The number of phenolic OH excluding ortho intramolecular Hbond substituents is 1. The number of hydrogen-bond donors (Lipinski definition) is 3. The van der Waals surface area contributed by atoms with E-state index in [0.29, 0.717) is 18.6 Å². The molecular formula is C36H49F5O5. The molecule has 4 aliphatic rings. The van der Waals surface area contributed by atoms with Gasteiger partial charge in [-0.3, -0.25) is 9.59 Å². The van der Waals surface area contributed by atoms with Gasteiger partial charge in [0.1, 0.15) is 11.5 Å². The molecule has 0 radical (unpaired) electrons. The molecule has 5 rings (SSSR count). The van der Waals surface area contributed by atoms with Gasteiger partial charge < -0.3 is 15.3 Å². The molecule has 258 valence electrons. The zero-order valence-electron chi connectivity index (χ0n) is 26.8. The lowest BCUT2D eigenvalue weighted by Gasteiger charge is -2.54. The number of unbranched alkanes of at least 4 members (excludes halogenated alkanes) is 6. The van der Waals surface area contributed by atoms with Crippen LogP contribution >= 0.6 is 0 Å². The summed E-state index contributed by atoms with van der Waals surface area (Å²) in [7, 11) is 0. The van der Waals surface area contributed by atoms with Gasteiger partial charge >= 0.3 is 18.1 Å². The Bertz CT molecular complexity index is 1260. The molecule has 4 aliphatic carbocycles. The van der Waals surface area contributed by atoms with Crippen molar-refractivity contribution < 1.29 is 46.9 Å². The molecule has 1 aromatic rings. The summed E-state index contributed by atoms with van der Waals surface area (Å²) in [5, 5.41) is 31.3. The van der Waals surface area contributed by atoms with Crippen molar-refractivity contribution in [2.75, 3.05) is 0 Å². The van der Waals surface area contributed by atoms with Crippen molar-refractivity contribution in [1.29, 1.82) is 0 Å². The molecule has 0 bridgehead atoms. The van der Waals surface area contributed by atoms with E-state index in [4.69, 9.17) is 0 Å². The van der Waals surface area contributed by atoms with Crippen LogP contribution in [0.25, 0.3) is 0 Å². The maximum Gasteiger partial charge on any atom is 0.453 e. The first-order chi connectivity index (χ1) is 21.6. The van der Waals surface area contributed by atoms with Crippen molar-refractivity contribution in [3.05, 3.63) is 29.3 Å². The van der Waals surface area contributed by atoms with Crippen LogP contribution in [0.5, 0.6) is 5.75 Å². The molecule has 3 fully saturated rings. The predicted octanol–water partition coefficient (Wildman–Crippen LogP) is 9.50.